The van der Waals surface area contributed by atoms with Gasteiger partial charge in [-0.3, -0.25) is 9.36 Å². The van der Waals surface area contributed by atoms with Crippen LogP contribution in [0.15, 0.2) is 24.3 Å². The molecule has 82 valence electrons. The summed E-state index contributed by atoms with van der Waals surface area (Å²) in [5.41, 5.74) is 3.32. The number of hydrogen-bond acceptors (Lipinski definition) is 2. The molecule has 2 aromatic rings. The Kier molecular flexibility index (Phi) is 2.26. The summed E-state index contributed by atoms with van der Waals surface area (Å²) in [5, 5.41) is 4.26. The van der Waals surface area contributed by atoms with Gasteiger partial charge < -0.3 is 5.32 Å². The number of para-hydroxylation sites is 1. The number of nitrogens with one attached hydrogen (secondary N) is 1. The minimum absolute atomic E-state index is 0.207. The third-order valence-corrected chi connectivity index (χ3v) is 3.32. The molecule has 4 heteroatoms. The Morgan fingerprint density at radius 1 is 1.38 bits per heavy atom. The summed E-state index contributed by atoms with van der Waals surface area (Å²) in [6, 6.07) is 8.01. The van der Waals surface area contributed by atoms with Gasteiger partial charge in [0.05, 0.1) is 5.52 Å². The van der Waals surface area contributed by atoms with Gasteiger partial charge >= 0.3 is 0 Å². The number of fused-ring (bicyclic) bond motifs is 3. The van der Waals surface area contributed by atoms with Crippen LogP contribution >= 0.6 is 12.6 Å². The highest BCUT2D eigenvalue weighted by molar-refractivity contribution is 7.96. The van der Waals surface area contributed by atoms with Gasteiger partial charge in [0.2, 0.25) is 0 Å². The van der Waals surface area contributed by atoms with Crippen molar-refractivity contribution >= 4 is 28.8 Å². The molecule has 0 radical (unpaired) electrons. The third kappa shape index (κ3) is 1.30. The molecule has 1 aromatic carbocycles. The van der Waals surface area contributed by atoms with Crippen LogP contribution in [0.3, 0.4) is 0 Å². The highest BCUT2D eigenvalue weighted by atomic mass is 32.1. The molecule has 1 aliphatic heterocycles. The first-order chi connectivity index (χ1) is 7.79. The van der Waals surface area contributed by atoms with Crippen molar-refractivity contribution < 1.29 is 4.79 Å². The van der Waals surface area contributed by atoms with Crippen LogP contribution in [0.4, 0.5) is 4.79 Å². The molecule has 0 aliphatic carbocycles. The number of nitrogens with zero attached hydrogens (tertiary/aromatic N) is 1. The molecule has 0 bridgehead atoms. The minimum Gasteiger partial charge on any atom is -0.311 e. The van der Waals surface area contributed by atoms with Crippen molar-refractivity contribution in [3.63, 3.8) is 0 Å². The second-order valence-electron chi connectivity index (χ2n) is 3.99. The van der Waals surface area contributed by atoms with Gasteiger partial charge in [0.25, 0.3) is 5.24 Å². The first-order valence-electron chi connectivity index (χ1n) is 5.34. The van der Waals surface area contributed by atoms with Crippen LogP contribution in [-0.2, 0) is 13.0 Å². The van der Waals surface area contributed by atoms with Gasteiger partial charge in [0, 0.05) is 17.6 Å². The van der Waals surface area contributed by atoms with Gasteiger partial charge in [-0.1, -0.05) is 30.8 Å². The Labute approximate surface area is 98.9 Å². The van der Waals surface area contributed by atoms with Gasteiger partial charge in [0.15, 0.2) is 0 Å². The standard InChI is InChI=1S/C12H12N2OS/c15-12(16)14-10-4-2-1-3-8(10)9-5-6-13-7-11(9)14/h1-4,13H,5-7H2,(H,15,16). The average molecular weight is 232 g/mol. The number of aromatic nitrogens is 1. The number of hydrogen-bond donors (Lipinski definition) is 2. The van der Waals surface area contributed by atoms with Gasteiger partial charge in [-0.05, 0) is 24.6 Å². The Morgan fingerprint density at radius 3 is 3.00 bits per heavy atom. The fraction of sp³-hybridized carbons (Fsp3) is 0.250. The lowest BCUT2D eigenvalue weighted by atomic mass is 10.1. The van der Waals surface area contributed by atoms with E-state index in [4.69, 9.17) is 0 Å². The van der Waals surface area contributed by atoms with Gasteiger partial charge in [-0.25, -0.2) is 0 Å². The number of rotatable bonds is 0. The molecule has 1 aromatic heterocycles. The van der Waals surface area contributed by atoms with E-state index in [9.17, 15) is 4.79 Å². The van der Waals surface area contributed by atoms with Gasteiger partial charge in [0.1, 0.15) is 0 Å². The maximum atomic E-state index is 11.6. The molecule has 3 nitrogen and oxygen atoms in total. The van der Waals surface area contributed by atoms with Crippen LogP contribution in [0.5, 0.6) is 0 Å². The average Bonchev–Trinajstić information content (AvgIpc) is 2.63. The molecule has 16 heavy (non-hydrogen) atoms. The molecule has 0 unspecified atom stereocenters. The van der Waals surface area contributed by atoms with Crippen molar-refractivity contribution in [3.8, 4) is 0 Å². The van der Waals surface area contributed by atoms with Gasteiger partial charge in [-0.2, -0.15) is 0 Å². The predicted octanol–water partition coefficient (Wildman–Crippen LogP) is 2.18. The monoisotopic (exact) mass is 232 g/mol. The predicted molar refractivity (Wildman–Crippen MR) is 67.1 cm³/mol. The lowest BCUT2D eigenvalue weighted by Gasteiger charge is -2.15. The highest BCUT2D eigenvalue weighted by Gasteiger charge is 2.21. The molecule has 0 amide bonds. The quantitative estimate of drug-likeness (QED) is 0.683. The highest BCUT2D eigenvalue weighted by Crippen LogP contribution is 2.28. The van der Waals surface area contributed by atoms with Crippen LogP contribution in [0.25, 0.3) is 10.9 Å². The molecule has 1 N–H and O–H groups in total. The van der Waals surface area contributed by atoms with Crippen LogP contribution < -0.4 is 5.32 Å². The summed E-state index contributed by atoms with van der Waals surface area (Å²) >= 11 is 3.96. The van der Waals surface area contributed by atoms with Crippen molar-refractivity contribution in [2.24, 2.45) is 0 Å². The first kappa shape index (κ1) is 9.93. The molecule has 0 fully saturated rings. The molecule has 0 spiro atoms. The molecular weight excluding hydrogens is 220 g/mol. The second-order valence-corrected chi connectivity index (χ2v) is 4.37. The van der Waals surface area contributed by atoms with E-state index < -0.39 is 0 Å². The fourth-order valence-electron chi connectivity index (χ4n) is 2.46. The topological polar surface area (TPSA) is 34.0 Å². The minimum atomic E-state index is -0.207. The Balaban J connectivity index is 2.41. The van der Waals surface area contributed by atoms with Crippen molar-refractivity contribution in [3.05, 3.63) is 35.5 Å². The van der Waals surface area contributed by atoms with E-state index in [1.54, 1.807) is 4.57 Å². The molecule has 0 atom stereocenters. The maximum Gasteiger partial charge on any atom is 0.287 e. The summed E-state index contributed by atoms with van der Waals surface area (Å²) in [6.07, 6.45) is 0.976. The van der Waals surface area contributed by atoms with Crippen molar-refractivity contribution in [2.45, 2.75) is 13.0 Å². The number of carbonyl (C=O) groups excluding carboxylic acids is 1. The number of carbonyl (C=O) groups is 1. The van der Waals surface area contributed by atoms with E-state index in [2.05, 4.69) is 24.0 Å². The Bertz CT molecular complexity index is 574. The van der Waals surface area contributed by atoms with Crippen LogP contribution in [0.2, 0.25) is 0 Å². The van der Waals surface area contributed by atoms with Crippen LogP contribution in [0, 0.1) is 0 Å². The maximum absolute atomic E-state index is 11.6. The molecular formula is C12H12N2OS. The normalized spacial score (nSPS) is 15.1. The number of benzene rings is 1. The second kappa shape index (κ2) is 3.64. The van der Waals surface area contributed by atoms with E-state index >= 15 is 0 Å². The van der Waals surface area contributed by atoms with Crippen molar-refractivity contribution in [1.29, 1.82) is 0 Å². The van der Waals surface area contributed by atoms with E-state index in [-0.39, 0.29) is 5.24 Å². The van der Waals surface area contributed by atoms with E-state index in [0.29, 0.717) is 0 Å². The summed E-state index contributed by atoms with van der Waals surface area (Å²) in [7, 11) is 0. The zero-order valence-electron chi connectivity index (χ0n) is 8.73. The molecule has 0 saturated heterocycles. The van der Waals surface area contributed by atoms with Crippen molar-refractivity contribution in [2.75, 3.05) is 6.54 Å². The summed E-state index contributed by atoms with van der Waals surface area (Å²) < 4.78 is 1.71. The van der Waals surface area contributed by atoms with Gasteiger partial charge in [-0.15, -0.1) is 0 Å². The molecule has 3 rings (SSSR count). The summed E-state index contributed by atoms with van der Waals surface area (Å²) in [6.45, 7) is 1.72. The van der Waals surface area contributed by atoms with E-state index in [0.717, 1.165) is 30.7 Å². The summed E-state index contributed by atoms with van der Waals surface area (Å²) in [5.74, 6) is 0. The first-order valence-corrected chi connectivity index (χ1v) is 5.79. The van der Waals surface area contributed by atoms with Crippen LogP contribution in [0.1, 0.15) is 11.3 Å². The zero-order chi connectivity index (χ0) is 11.1. The Morgan fingerprint density at radius 2 is 2.19 bits per heavy atom. The van der Waals surface area contributed by atoms with E-state index in [1.165, 1.54) is 10.9 Å². The Hall–Kier alpha value is -1.26. The fourth-order valence-corrected chi connectivity index (χ4v) is 2.69. The molecule has 2 heterocycles. The van der Waals surface area contributed by atoms with Crippen LogP contribution in [-0.4, -0.2) is 16.4 Å². The smallest absolute Gasteiger partial charge is 0.287 e. The third-order valence-electron chi connectivity index (χ3n) is 3.12. The number of thiol groups is 1. The summed E-state index contributed by atoms with van der Waals surface area (Å²) in [4.78, 5) is 11.6. The molecule has 0 saturated carbocycles. The zero-order valence-corrected chi connectivity index (χ0v) is 9.63. The van der Waals surface area contributed by atoms with Crippen molar-refractivity contribution in [1.82, 2.24) is 9.88 Å². The SMILES string of the molecule is O=C(S)n1c2c(c3ccccc31)CCNC2. The van der Waals surface area contributed by atoms with E-state index in [1.807, 2.05) is 18.2 Å². The lowest BCUT2D eigenvalue weighted by molar-refractivity contribution is 0.262. The lowest BCUT2D eigenvalue weighted by Crippen LogP contribution is -2.25. The largest absolute Gasteiger partial charge is 0.311 e. The molecule has 1 aliphatic rings.